The first-order valence-electron chi connectivity index (χ1n) is 11.5. The van der Waals surface area contributed by atoms with E-state index in [0.717, 1.165) is 28.0 Å². The van der Waals surface area contributed by atoms with Gasteiger partial charge in [-0.05, 0) is 48.6 Å². The third-order valence-corrected chi connectivity index (χ3v) is 5.42. The van der Waals surface area contributed by atoms with Gasteiger partial charge >= 0.3 is 0 Å². The van der Waals surface area contributed by atoms with E-state index in [4.69, 9.17) is 9.52 Å². The quantitative estimate of drug-likeness (QED) is 0.132. The molecule has 0 saturated carbocycles. The smallest absolute Gasteiger partial charge is 0.155 e. The Balaban J connectivity index is 0.000000637. The molecular formula is C31H36IrNO3-. The average molecular weight is 663 g/mol. The topological polar surface area (TPSA) is 63.3 Å². The molecule has 0 saturated heterocycles. The minimum Gasteiger partial charge on any atom is -0.512 e. The Bertz CT molecular complexity index is 1270. The summed E-state index contributed by atoms with van der Waals surface area (Å²) in [7, 11) is 0. The van der Waals surface area contributed by atoms with Crippen LogP contribution >= 0.6 is 0 Å². The minimum atomic E-state index is -0.125. The van der Waals surface area contributed by atoms with Crippen molar-refractivity contribution in [2.24, 2.45) is 0 Å². The monoisotopic (exact) mass is 663 g/mol. The third-order valence-electron chi connectivity index (χ3n) is 5.42. The average Bonchev–Trinajstić information content (AvgIpc) is 3.21. The Morgan fingerprint density at radius 3 is 2.11 bits per heavy atom. The fraction of sp³-hybridized carbons (Fsp3) is 0.290. The van der Waals surface area contributed by atoms with Crippen LogP contribution in [0.1, 0.15) is 71.9 Å². The number of rotatable bonds is 5. The normalized spacial score (nSPS) is 10.9. The van der Waals surface area contributed by atoms with Gasteiger partial charge < -0.3 is 14.5 Å². The number of ketones is 1. The summed E-state index contributed by atoms with van der Waals surface area (Å²) in [5, 5.41) is 9.43. The predicted molar refractivity (Wildman–Crippen MR) is 146 cm³/mol. The van der Waals surface area contributed by atoms with E-state index in [1.54, 1.807) is 0 Å². The van der Waals surface area contributed by atoms with Crippen LogP contribution in [0.25, 0.3) is 33.6 Å². The second-order valence-electron chi connectivity index (χ2n) is 9.01. The van der Waals surface area contributed by atoms with Crippen LogP contribution in [0.15, 0.2) is 77.0 Å². The maximum Gasteiger partial charge on any atom is 0.155 e. The van der Waals surface area contributed by atoms with Crippen molar-refractivity contribution in [3.63, 3.8) is 0 Å². The van der Waals surface area contributed by atoms with Crippen LogP contribution in [0.4, 0.5) is 0 Å². The van der Waals surface area contributed by atoms with Gasteiger partial charge in [-0.1, -0.05) is 59.4 Å². The Morgan fingerprint density at radius 2 is 1.64 bits per heavy atom. The van der Waals surface area contributed by atoms with Crippen molar-refractivity contribution < 1.29 is 34.4 Å². The van der Waals surface area contributed by atoms with E-state index < -0.39 is 0 Å². The molecule has 0 fully saturated rings. The number of hydrogen-bond donors (Lipinski definition) is 1. The van der Waals surface area contributed by atoms with E-state index in [-0.39, 0.29) is 39.1 Å². The SMILES string of the molecule is C.CC(=O)C=C(C)O.CC(C)c1cccc(C(C)C)c1-c1cc2cc(-c3[c-]cccc3)ncc2o1.[Ir]. The van der Waals surface area contributed by atoms with Crippen molar-refractivity contribution >= 4 is 16.8 Å². The number of carbonyl (C=O) groups is 1. The van der Waals surface area contributed by atoms with E-state index in [0.29, 0.717) is 11.8 Å². The number of benzene rings is 2. The van der Waals surface area contributed by atoms with Crippen LogP contribution in [0.2, 0.25) is 0 Å². The Kier molecular flexibility index (Phi) is 12.0. The summed E-state index contributed by atoms with van der Waals surface area (Å²) >= 11 is 0. The van der Waals surface area contributed by atoms with Crippen molar-refractivity contribution in [3.05, 3.63) is 89.8 Å². The van der Waals surface area contributed by atoms with E-state index in [1.807, 2.05) is 30.5 Å². The van der Waals surface area contributed by atoms with Gasteiger partial charge in [-0.15, -0.1) is 35.9 Å². The molecule has 2 aromatic carbocycles. The number of aromatic nitrogens is 1. The summed E-state index contributed by atoms with van der Waals surface area (Å²) in [6.45, 7) is 11.8. The largest absolute Gasteiger partial charge is 0.512 e. The number of furan rings is 1. The molecule has 1 radical (unpaired) electrons. The second kappa shape index (κ2) is 13.9. The van der Waals surface area contributed by atoms with Crippen LogP contribution in [-0.4, -0.2) is 15.9 Å². The third kappa shape index (κ3) is 7.74. The number of allylic oxidation sites excluding steroid dienone is 2. The predicted octanol–water partition coefficient (Wildman–Crippen LogP) is 8.88. The van der Waals surface area contributed by atoms with Crippen molar-refractivity contribution in [1.82, 2.24) is 4.98 Å². The van der Waals surface area contributed by atoms with E-state index in [2.05, 4.69) is 69.1 Å². The number of aliphatic hydroxyl groups excluding tert-OH is 1. The zero-order valence-corrected chi connectivity index (χ0v) is 23.4. The van der Waals surface area contributed by atoms with Crippen LogP contribution in [0.5, 0.6) is 0 Å². The molecule has 0 amide bonds. The Labute approximate surface area is 228 Å². The summed E-state index contributed by atoms with van der Waals surface area (Å²) in [6, 6.07) is 22.0. The van der Waals surface area contributed by atoms with E-state index in [1.165, 1.54) is 36.6 Å². The summed E-state index contributed by atoms with van der Waals surface area (Å²) in [4.78, 5) is 14.6. The van der Waals surface area contributed by atoms with Crippen molar-refractivity contribution in [1.29, 1.82) is 0 Å². The maximum absolute atomic E-state index is 10.0. The van der Waals surface area contributed by atoms with Gasteiger partial charge in [0.2, 0.25) is 0 Å². The molecule has 36 heavy (non-hydrogen) atoms. The molecule has 4 nitrogen and oxygen atoms in total. The van der Waals surface area contributed by atoms with Crippen LogP contribution in [0.3, 0.4) is 0 Å². The molecule has 4 aromatic rings. The summed E-state index contributed by atoms with van der Waals surface area (Å²) in [6.07, 6.45) is 2.99. The number of aliphatic hydroxyl groups is 1. The fourth-order valence-corrected chi connectivity index (χ4v) is 3.90. The summed E-state index contributed by atoms with van der Waals surface area (Å²) < 4.78 is 6.25. The minimum absolute atomic E-state index is 0. The van der Waals surface area contributed by atoms with Crippen LogP contribution in [-0.2, 0) is 24.9 Å². The zero-order valence-electron chi connectivity index (χ0n) is 21.0. The van der Waals surface area contributed by atoms with E-state index in [9.17, 15) is 4.79 Å². The van der Waals surface area contributed by atoms with Crippen LogP contribution in [0, 0.1) is 6.07 Å². The number of hydrogen-bond acceptors (Lipinski definition) is 4. The van der Waals surface area contributed by atoms with Crippen molar-refractivity contribution in [2.75, 3.05) is 0 Å². The second-order valence-corrected chi connectivity index (χ2v) is 9.01. The molecular weight excluding hydrogens is 627 g/mol. The first-order valence-corrected chi connectivity index (χ1v) is 11.5. The molecule has 0 atom stereocenters. The molecule has 0 bridgehead atoms. The molecule has 0 aliphatic rings. The molecule has 0 aliphatic carbocycles. The van der Waals surface area contributed by atoms with Crippen LogP contribution < -0.4 is 0 Å². The van der Waals surface area contributed by atoms with Gasteiger partial charge in [0.1, 0.15) is 5.76 Å². The van der Waals surface area contributed by atoms with Crippen molar-refractivity contribution in [3.8, 4) is 22.6 Å². The molecule has 0 unspecified atom stereocenters. The van der Waals surface area contributed by atoms with Gasteiger partial charge in [0.05, 0.1) is 12.0 Å². The van der Waals surface area contributed by atoms with Gasteiger partial charge in [0, 0.05) is 37.1 Å². The van der Waals surface area contributed by atoms with Crippen molar-refractivity contribution in [2.45, 2.75) is 60.8 Å². The molecule has 193 valence electrons. The molecule has 4 rings (SSSR count). The number of fused-ring (bicyclic) bond motifs is 1. The van der Waals surface area contributed by atoms with Gasteiger partial charge in [-0.25, -0.2) is 0 Å². The summed E-state index contributed by atoms with van der Waals surface area (Å²) in [5.74, 6) is 1.72. The number of pyridine rings is 1. The van der Waals surface area contributed by atoms with E-state index >= 15 is 0 Å². The first kappa shape index (κ1) is 31.0. The number of nitrogens with zero attached hydrogens (tertiary/aromatic N) is 1. The number of carbonyl (C=O) groups excluding carboxylic acids is 1. The van der Waals surface area contributed by atoms with Gasteiger partial charge in [0.15, 0.2) is 11.4 Å². The molecule has 2 heterocycles. The molecule has 2 aromatic heterocycles. The Morgan fingerprint density at radius 1 is 1.00 bits per heavy atom. The summed E-state index contributed by atoms with van der Waals surface area (Å²) in [5.41, 5.74) is 6.60. The van der Waals surface area contributed by atoms with Gasteiger partial charge in [0.25, 0.3) is 0 Å². The maximum atomic E-state index is 10.0. The van der Waals surface area contributed by atoms with Gasteiger partial charge in [-0.3, -0.25) is 4.79 Å². The Hall–Kier alpha value is -3.01. The molecule has 0 aliphatic heterocycles. The zero-order chi connectivity index (χ0) is 24.8. The van der Waals surface area contributed by atoms with Gasteiger partial charge in [-0.2, -0.15) is 0 Å². The molecule has 1 N–H and O–H groups in total. The fourth-order valence-electron chi connectivity index (χ4n) is 3.90. The molecule has 0 spiro atoms. The molecule has 5 heteroatoms. The standard InChI is InChI=1S/C25H24NO.C5H8O2.CH4.Ir/c1-16(2)20-11-8-12-21(17(3)4)25(20)23-14-19-13-22(26-15-24(19)27-23)18-9-6-5-7-10-18;1-4(6)3-5(2)7;;/h5-9,11-17H,1-4H3;3,6H,1-2H3;1H4;/q-1;;;. The first-order chi connectivity index (χ1) is 16.2.